The molecular weight excluding hydrogens is 260 g/mol. The van der Waals surface area contributed by atoms with E-state index in [-0.39, 0.29) is 11.8 Å². The molecule has 1 aromatic rings. The van der Waals surface area contributed by atoms with Gasteiger partial charge < -0.3 is 10.6 Å². The quantitative estimate of drug-likeness (QED) is 0.889. The summed E-state index contributed by atoms with van der Waals surface area (Å²) in [6, 6.07) is 5.90. The number of carbonyl (C=O) groups excluding carboxylic acids is 2. The first-order valence-corrected chi connectivity index (χ1v) is 7.35. The number of carbonyl (C=O) groups is 2. The van der Waals surface area contributed by atoms with Gasteiger partial charge in [0.2, 0.25) is 11.8 Å². The highest BCUT2D eigenvalue weighted by Crippen LogP contribution is 2.31. The molecule has 0 aromatic heterocycles. The number of benzene rings is 1. The largest absolute Gasteiger partial charge is 0.352 e. The van der Waals surface area contributed by atoms with Gasteiger partial charge in [-0.15, -0.1) is 11.8 Å². The van der Waals surface area contributed by atoms with Gasteiger partial charge in [-0.2, -0.15) is 0 Å². The van der Waals surface area contributed by atoms with Crippen LogP contribution in [0.3, 0.4) is 0 Å². The Hall–Kier alpha value is -1.49. The number of nitrogens with one attached hydrogen (secondary N) is 2. The lowest BCUT2D eigenvalue weighted by atomic mass is 10.1. The van der Waals surface area contributed by atoms with Crippen LogP contribution in [0.1, 0.15) is 25.8 Å². The molecule has 0 saturated carbocycles. The number of fused-ring (bicyclic) bond motifs is 1. The van der Waals surface area contributed by atoms with Crippen molar-refractivity contribution in [2.75, 3.05) is 11.1 Å². The standard InChI is InChI=1S/C14H18N2O2S/c1-9(2)5-13(17)15-7-10-3-4-12-11(6-10)16-14(18)8-19-12/h3-4,6,9H,5,7-8H2,1-2H3,(H,15,17)(H,16,18). The van der Waals surface area contributed by atoms with Crippen molar-refractivity contribution in [2.24, 2.45) is 5.92 Å². The minimum absolute atomic E-state index is 0.0264. The summed E-state index contributed by atoms with van der Waals surface area (Å²) in [6.07, 6.45) is 0.539. The van der Waals surface area contributed by atoms with Crippen LogP contribution in [0.25, 0.3) is 0 Å². The van der Waals surface area contributed by atoms with Crippen molar-refractivity contribution in [3.63, 3.8) is 0 Å². The van der Waals surface area contributed by atoms with Gasteiger partial charge in [0, 0.05) is 17.9 Å². The fourth-order valence-corrected chi connectivity index (χ4v) is 2.67. The first kappa shape index (κ1) is 13.9. The van der Waals surface area contributed by atoms with Gasteiger partial charge in [-0.25, -0.2) is 0 Å². The van der Waals surface area contributed by atoms with E-state index in [2.05, 4.69) is 10.6 Å². The summed E-state index contributed by atoms with van der Waals surface area (Å²) in [4.78, 5) is 24.0. The number of anilines is 1. The molecule has 1 aliphatic rings. The predicted octanol–water partition coefficient (Wildman–Crippen LogP) is 2.39. The number of hydrogen-bond acceptors (Lipinski definition) is 3. The average Bonchev–Trinajstić information content (AvgIpc) is 2.35. The van der Waals surface area contributed by atoms with E-state index in [1.165, 1.54) is 11.8 Å². The van der Waals surface area contributed by atoms with Gasteiger partial charge in [0.05, 0.1) is 11.4 Å². The minimum Gasteiger partial charge on any atom is -0.352 e. The van der Waals surface area contributed by atoms with Crippen molar-refractivity contribution in [1.29, 1.82) is 0 Å². The fourth-order valence-electron chi connectivity index (χ4n) is 1.88. The summed E-state index contributed by atoms with van der Waals surface area (Å²) in [7, 11) is 0. The lowest BCUT2D eigenvalue weighted by Gasteiger charge is -2.17. The van der Waals surface area contributed by atoms with Crippen LogP contribution in [-0.4, -0.2) is 17.6 Å². The molecule has 2 amide bonds. The fraction of sp³-hybridized carbons (Fsp3) is 0.429. The first-order valence-electron chi connectivity index (χ1n) is 6.37. The minimum atomic E-state index is 0.0264. The van der Waals surface area contributed by atoms with Crippen LogP contribution in [0.15, 0.2) is 23.1 Å². The molecule has 1 aromatic carbocycles. The molecule has 2 rings (SSSR count). The lowest BCUT2D eigenvalue weighted by Crippen LogP contribution is -2.24. The van der Waals surface area contributed by atoms with E-state index in [0.717, 1.165) is 16.1 Å². The molecule has 4 nitrogen and oxygen atoms in total. The van der Waals surface area contributed by atoms with Gasteiger partial charge in [0.1, 0.15) is 0 Å². The van der Waals surface area contributed by atoms with E-state index in [9.17, 15) is 9.59 Å². The van der Waals surface area contributed by atoms with Crippen molar-refractivity contribution in [2.45, 2.75) is 31.7 Å². The molecule has 0 aliphatic carbocycles. The number of hydrogen-bond donors (Lipinski definition) is 2. The molecule has 1 aliphatic heterocycles. The van der Waals surface area contributed by atoms with Crippen LogP contribution < -0.4 is 10.6 Å². The maximum atomic E-state index is 11.6. The molecule has 1 heterocycles. The third-order valence-electron chi connectivity index (χ3n) is 2.76. The highest BCUT2D eigenvalue weighted by molar-refractivity contribution is 8.00. The Balaban J connectivity index is 1.96. The smallest absolute Gasteiger partial charge is 0.234 e. The van der Waals surface area contributed by atoms with E-state index < -0.39 is 0 Å². The summed E-state index contributed by atoms with van der Waals surface area (Å²) >= 11 is 1.54. The molecule has 2 N–H and O–H groups in total. The maximum absolute atomic E-state index is 11.6. The second-order valence-electron chi connectivity index (χ2n) is 5.04. The number of amides is 2. The van der Waals surface area contributed by atoms with Crippen LogP contribution in [-0.2, 0) is 16.1 Å². The molecular formula is C14H18N2O2S. The van der Waals surface area contributed by atoms with Crippen LogP contribution in [0, 0.1) is 5.92 Å². The molecule has 0 fully saturated rings. The Bertz CT molecular complexity index is 500. The first-order chi connectivity index (χ1) is 9.04. The Morgan fingerprint density at radius 3 is 3.00 bits per heavy atom. The third kappa shape index (κ3) is 3.99. The Labute approximate surface area is 117 Å². The molecule has 19 heavy (non-hydrogen) atoms. The third-order valence-corrected chi connectivity index (χ3v) is 3.83. The number of rotatable bonds is 4. The van der Waals surface area contributed by atoms with Crippen molar-refractivity contribution in [3.8, 4) is 0 Å². The lowest BCUT2D eigenvalue weighted by molar-refractivity contribution is -0.122. The van der Waals surface area contributed by atoms with Crippen LogP contribution in [0.4, 0.5) is 5.69 Å². The molecule has 5 heteroatoms. The molecule has 0 bridgehead atoms. The number of thioether (sulfide) groups is 1. The van der Waals surface area contributed by atoms with E-state index >= 15 is 0 Å². The molecule has 102 valence electrons. The summed E-state index contributed by atoms with van der Waals surface area (Å²) in [5.41, 5.74) is 1.84. The second kappa shape index (κ2) is 6.10. The average molecular weight is 278 g/mol. The van der Waals surface area contributed by atoms with E-state index in [1.54, 1.807) is 0 Å². The van der Waals surface area contributed by atoms with Gasteiger partial charge in [0.25, 0.3) is 0 Å². The molecule has 0 unspecified atom stereocenters. The summed E-state index contributed by atoms with van der Waals surface area (Å²) < 4.78 is 0. The Morgan fingerprint density at radius 1 is 1.47 bits per heavy atom. The zero-order chi connectivity index (χ0) is 13.8. The Morgan fingerprint density at radius 2 is 2.26 bits per heavy atom. The molecule has 0 atom stereocenters. The van der Waals surface area contributed by atoms with Crippen LogP contribution >= 0.6 is 11.8 Å². The zero-order valence-corrected chi connectivity index (χ0v) is 12.0. The molecule has 0 saturated heterocycles. The predicted molar refractivity (Wildman–Crippen MR) is 77.1 cm³/mol. The second-order valence-corrected chi connectivity index (χ2v) is 6.06. The molecule has 0 spiro atoms. The van der Waals surface area contributed by atoms with E-state index in [1.807, 2.05) is 32.0 Å². The summed E-state index contributed by atoms with van der Waals surface area (Å²) in [5.74, 6) is 0.918. The highest BCUT2D eigenvalue weighted by atomic mass is 32.2. The monoisotopic (exact) mass is 278 g/mol. The van der Waals surface area contributed by atoms with Crippen molar-refractivity contribution in [1.82, 2.24) is 5.32 Å². The van der Waals surface area contributed by atoms with Crippen molar-refractivity contribution < 1.29 is 9.59 Å². The van der Waals surface area contributed by atoms with Crippen LogP contribution in [0.2, 0.25) is 0 Å². The summed E-state index contributed by atoms with van der Waals surface area (Å²) in [6.45, 7) is 4.54. The highest BCUT2D eigenvalue weighted by Gasteiger charge is 2.15. The van der Waals surface area contributed by atoms with Gasteiger partial charge in [-0.1, -0.05) is 19.9 Å². The van der Waals surface area contributed by atoms with Gasteiger partial charge >= 0.3 is 0 Å². The Kier molecular flexibility index (Phi) is 4.47. The normalized spacial score (nSPS) is 13.9. The maximum Gasteiger partial charge on any atom is 0.234 e. The summed E-state index contributed by atoms with van der Waals surface area (Å²) in [5, 5.41) is 5.74. The van der Waals surface area contributed by atoms with E-state index in [0.29, 0.717) is 24.6 Å². The molecule has 0 radical (unpaired) electrons. The topological polar surface area (TPSA) is 58.2 Å². The van der Waals surface area contributed by atoms with Crippen molar-refractivity contribution in [3.05, 3.63) is 23.8 Å². The van der Waals surface area contributed by atoms with Crippen LogP contribution in [0.5, 0.6) is 0 Å². The van der Waals surface area contributed by atoms with Gasteiger partial charge in [-0.3, -0.25) is 9.59 Å². The SMILES string of the molecule is CC(C)CC(=O)NCc1ccc2c(c1)NC(=O)CS2. The zero-order valence-electron chi connectivity index (χ0n) is 11.2. The van der Waals surface area contributed by atoms with Crippen molar-refractivity contribution >= 4 is 29.3 Å². The van der Waals surface area contributed by atoms with Gasteiger partial charge in [0.15, 0.2) is 0 Å². The van der Waals surface area contributed by atoms with Gasteiger partial charge in [-0.05, 0) is 23.6 Å². The van der Waals surface area contributed by atoms with E-state index in [4.69, 9.17) is 0 Å².